The molecule has 1 atom stereocenters. The molecule has 2 N–H and O–H groups in total. The van der Waals surface area contributed by atoms with E-state index in [9.17, 15) is 13.2 Å². The smallest absolute Gasteiger partial charge is 0.357 e. The van der Waals surface area contributed by atoms with Gasteiger partial charge in [0.05, 0.1) is 5.69 Å². The van der Waals surface area contributed by atoms with E-state index in [2.05, 4.69) is 27.6 Å². The lowest BCUT2D eigenvalue weighted by Crippen LogP contribution is -2.43. The number of aromatic nitrogens is 2. The van der Waals surface area contributed by atoms with E-state index in [1.54, 1.807) is 0 Å². The van der Waals surface area contributed by atoms with Gasteiger partial charge in [0.2, 0.25) is 0 Å². The third-order valence-electron chi connectivity index (χ3n) is 4.03. The lowest BCUT2D eigenvalue weighted by Gasteiger charge is -2.18. The summed E-state index contributed by atoms with van der Waals surface area (Å²) >= 11 is 0. The molecule has 0 saturated carbocycles. The van der Waals surface area contributed by atoms with Crippen LogP contribution in [0.5, 0.6) is 0 Å². The van der Waals surface area contributed by atoms with Gasteiger partial charge in [0.1, 0.15) is 0 Å². The van der Waals surface area contributed by atoms with Crippen LogP contribution in [0.2, 0.25) is 0 Å². The Bertz CT molecular complexity index is 569. The number of halogens is 4. The zero-order chi connectivity index (χ0) is 19.0. The molecule has 1 aromatic heterocycles. The fourth-order valence-corrected chi connectivity index (χ4v) is 2.65. The lowest BCUT2D eigenvalue weighted by atomic mass is 10.1. The highest BCUT2D eigenvalue weighted by molar-refractivity contribution is 14.0. The van der Waals surface area contributed by atoms with Crippen LogP contribution in [-0.4, -0.2) is 41.0 Å². The Labute approximate surface area is 171 Å². The number of unbranched alkanes of at least 4 members (excludes halogenated alkanes) is 1. The molecule has 0 fully saturated rings. The van der Waals surface area contributed by atoms with Crippen molar-refractivity contribution in [3.8, 4) is 0 Å². The molecular weight excluding hydrogens is 458 g/mol. The summed E-state index contributed by atoms with van der Waals surface area (Å²) in [5, 5.41) is 10.9. The molecule has 9 heteroatoms. The normalized spacial score (nSPS) is 13.3. The van der Waals surface area contributed by atoms with Crippen LogP contribution >= 0.6 is 24.0 Å². The lowest BCUT2D eigenvalue weighted by molar-refractivity contribution is -0.135. The molecule has 0 aromatic carbocycles. The highest BCUT2D eigenvalue weighted by atomic mass is 127. The first-order valence-electron chi connectivity index (χ1n) is 8.74. The Kier molecular flexibility index (Phi) is 11.2. The van der Waals surface area contributed by atoms with Gasteiger partial charge in [0.25, 0.3) is 0 Å². The molecule has 152 valence electrons. The first kappa shape index (κ1) is 25.0. The summed E-state index contributed by atoms with van der Waals surface area (Å²) in [6.07, 6.45) is -3.49. The Morgan fingerprint density at radius 1 is 1.27 bits per heavy atom. The van der Waals surface area contributed by atoms with Crippen LogP contribution in [0.15, 0.2) is 4.99 Å². The van der Waals surface area contributed by atoms with E-state index < -0.39 is 12.6 Å². The van der Waals surface area contributed by atoms with Crippen molar-refractivity contribution in [1.29, 1.82) is 0 Å². The van der Waals surface area contributed by atoms with E-state index in [-0.39, 0.29) is 36.4 Å². The highest BCUT2D eigenvalue weighted by Crippen LogP contribution is 2.22. The Morgan fingerprint density at radius 3 is 2.42 bits per heavy atom. The standard InChI is InChI=1S/C17H30F3N5.HI/c1-6-21-16(22-10-8-7-9-17(18,19)20)23-12(2)11-15-13(3)24-25(5)14(15)4;/h12H,6-11H2,1-5H3,(H2,21,22,23);1H. The van der Waals surface area contributed by atoms with Crippen LogP contribution in [-0.2, 0) is 13.5 Å². The molecule has 0 bridgehead atoms. The average molecular weight is 489 g/mol. The number of aryl methyl sites for hydroxylation is 2. The number of aliphatic imine (C=N–C) groups is 1. The van der Waals surface area contributed by atoms with Crippen LogP contribution in [0.1, 0.15) is 50.1 Å². The highest BCUT2D eigenvalue weighted by Gasteiger charge is 2.25. The second kappa shape index (κ2) is 11.7. The van der Waals surface area contributed by atoms with Gasteiger partial charge >= 0.3 is 6.18 Å². The summed E-state index contributed by atoms with van der Waals surface area (Å²) in [4.78, 5) is 4.37. The van der Waals surface area contributed by atoms with Gasteiger partial charge in [-0.05, 0) is 52.5 Å². The molecular formula is C17H31F3IN5. The third kappa shape index (κ3) is 9.09. The molecule has 0 saturated heterocycles. The van der Waals surface area contributed by atoms with E-state index >= 15 is 0 Å². The van der Waals surface area contributed by atoms with Crippen LogP contribution in [0, 0.1) is 13.8 Å². The predicted molar refractivity (Wildman–Crippen MR) is 110 cm³/mol. The minimum atomic E-state index is -4.08. The average Bonchev–Trinajstić information content (AvgIpc) is 2.72. The summed E-state index contributed by atoms with van der Waals surface area (Å²) in [7, 11) is 1.93. The zero-order valence-corrected chi connectivity index (χ0v) is 18.5. The van der Waals surface area contributed by atoms with Crippen LogP contribution < -0.4 is 10.6 Å². The first-order chi connectivity index (χ1) is 11.6. The molecule has 0 radical (unpaired) electrons. The van der Waals surface area contributed by atoms with Crippen molar-refractivity contribution in [1.82, 2.24) is 20.4 Å². The van der Waals surface area contributed by atoms with Crippen molar-refractivity contribution in [3.63, 3.8) is 0 Å². The maximum Gasteiger partial charge on any atom is 0.389 e. The Hall–Kier alpha value is -1.00. The largest absolute Gasteiger partial charge is 0.389 e. The van der Waals surface area contributed by atoms with Crippen molar-refractivity contribution in [2.45, 2.75) is 65.6 Å². The van der Waals surface area contributed by atoms with Gasteiger partial charge in [0.15, 0.2) is 5.96 Å². The molecule has 1 rings (SSSR count). The minimum absolute atomic E-state index is 0. The number of guanidine groups is 1. The Morgan fingerprint density at radius 2 is 1.92 bits per heavy atom. The molecule has 0 spiro atoms. The van der Waals surface area contributed by atoms with Crippen molar-refractivity contribution >= 4 is 29.9 Å². The van der Waals surface area contributed by atoms with Crippen LogP contribution in [0.3, 0.4) is 0 Å². The molecule has 26 heavy (non-hydrogen) atoms. The van der Waals surface area contributed by atoms with Crippen molar-refractivity contribution < 1.29 is 13.2 Å². The van der Waals surface area contributed by atoms with Crippen LogP contribution in [0.25, 0.3) is 0 Å². The maximum absolute atomic E-state index is 12.1. The summed E-state index contributed by atoms with van der Waals surface area (Å²) < 4.78 is 38.3. The molecule has 0 aliphatic heterocycles. The van der Waals surface area contributed by atoms with Gasteiger partial charge in [-0.3, -0.25) is 9.67 Å². The Balaban J connectivity index is 0.00000625. The minimum Gasteiger partial charge on any atom is -0.357 e. The summed E-state index contributed by atoms with van der Waals surface area (Å²) in [6, 6.07) is 0.134. The quantitative estimate of drug-likeness (QED) is 0.252. The number of hydrogen-bond donors (Lipinski definition) is 2. The van der Waals surface area contributed by atoms with Gasteiger partial charge in [-0.1, -0.05) is 0 Å². The fraction of sp³-hybridized carbons (Fsp3) is 0.765. The van der Waals surface area contributed by atoms with Crippen molar-refractivity contribution in [2.24, 2.45) is 12.0 Å². The van der Waals surface area contributed by atoms with E-state index in [0.29, 0.717) is 25.5 Å². The molecule has 0 amide bonds. The molecule has 0 aliphatic carbocycles. The maximum atomic E-state index is 12.1. The summed E-state index contributed by atoms with van der Waals surface area (Å²) in [5.41, 5.74) is 3.37. The second-order valence-corrected chi connectivity index (χ2v) is 6.36. The summed E-state index contributed by atoms with van der Waals surface area (Å²) in [5.74, 6) is 0.640. The van der Waals surface area contributed by atoms with Gasteiger partial charge < -0.3 is 10.6 Å². The number of rotatable bonds is 8. The van der Waals surface area contributed by atoms with Gasteiger partial charge in [-0.2, -0.15) is 18.3 Å². The SMILES string of the molecule is CCNC(=NCCCCC(F)(F)F)NC(C)Cc1c(C)nn(C)c1C.I. The summed E-state index contributed by atoms with van der Waals surface area (Å²) in [6.45, 7) is 9.13. The molecule has 1 unspecified atom stereocenters. The molecule has 0 aliphatic rings. The molecule has 5 nitrogen and oxygen atoms in total. The van der Waals surface area contributed by atoms with Crippen molar-refractivity contribution in [3.05, 3.63) is 17.0 Å². The van der Waals surface area contributed by atoms with E-state index in [1.165, 1.54) is 5.56 Å². The predicted octanol–water partition coefficient (Wildman–Crippen LogP) is 3.87. The van der Waals surface area contributed by atoms with E-state index in [4.69, 9.17) is 0 Å². The van der Waals surface area contributed by atoms with E-state index in [0.717, 1.165) is 17.8 Å². The monoisotopic (exact) mass is 489 g/mol. The number of nitrogens with zero attached hydrogens (tertiary/aromatic N) is 3. The van der Waals surface area contributed by atoms with Gasteiger partial charge in [0, 0.05) is 38.3 Å². The van der Waals surface area contributed by atoms with Crippen LogP contribution in [0.4, 0.5) is 13.2 Å². The number of alkyl halides is 3. The van der Waals surface area contributed by atoms with Crippen molar-refractivity contribution in [2.75, 3.05) is 13.1 Å². The first-order valence-corrected chi connectivity index (χ1v) is 8.74. The number of hydrogen-bond acceptors (Lipinski definition) is 2. The third-order valence-corrected chi connectivity index (χ3v) is 4.03. The zero-order valence-electron chi connectivity index (χ0n) is 16.2. The number of nitrogens with one attached hydrogen (secondary N) is 2. The van der Waals surface area contributed by atoms with E-state index in [1.807, 2.05) is 32.5 Å². The fourth-order valence-electron chi connectivity index (χ4n) is 2.65. The second-order valence-electron chi connectivity index (χ2n) is 6.36. The van der Waals surface area contributed by atoms with Gasteiger partial charge in [-0.15, -0.1) is 24.0 Å². The molecule has 1 heterocycles. The van der Waals surface area contributed by atoms with Gasteiger partial charge in [-0.25, -0.2) is 0 Å². The molecule has 1 aromatic rings. The topological polar surface area (TPSA) is 54.2 Å².